The number of rotatable bonds is 57. The number of phosphoric ester groups is 1. The lowest BCUT2D eigenvalue weighted by atomic mass is 9.91. The van der Waals surface area contributed by atoms with E-state index in [9.17, 15) is 32.0 Å². The van der Waals surface area contributed by atoms with Gasteiger partial charge in [-0.25, -0.2) is 30.6 Å². The molecule has 674 valence electrons. The third-order valence-electron chi connectivity index (χ3n) is 22.8. The van der Waals surface area contributed by atoms with Gasteiger partial charge in [0.2, 0.25) is 10.7 Å². The Bertz CT molecular complexity index is 5290. The molecule has 0 saturated heterocycles. The van der Waals surface area contributed by atoms with E-state index in [1.54, 1.807) is 42.5 Å². The topological polar surface area (TPSA) is 290 Å². The van der Waals surface area contributed by atoms with Gasteiger partial charge in [-0.1, -0.05) is 169 Å². The second kappa shape index (κ2) is 50.8. The van der Waals surface area contributed by atoms with Crippen LogP contribution in [0, 0.1) is 0 Å². The third-order valence-corrected chi connectivity index (χ3v) is 28.9. The van der Waals surface area contributed by atoms with Gasteiger partial charge in [0.05, 0.1) is 36.8 Å². The summed E-state index contributed by atoms with van der Waals surface area (Å²) in [7, 11) is -22.9. The van der Waals surface area contributed by atoms with Crippen molar-refractivity contribution in [1.29, 1.82) is 0 Å². The molecule has 123 heavy (non-hydrogen) atoms. The van der Waals surface area contributed by atoms with Gasteiger partial charge in [-0.3, -0.25) is 28.0 Å². The molecule has 8 rings (SSSR count). The van der Waals surface area contributed by atoms with Gasteiger partial charge in [0.1, 0.15) is 60.4 Å². The zero-order valence-electron chi connectivity index (χ0n) is 74.5. The predicted octanol–water partition coefficient (Wildman–Crippen LogP) is 21.1. The number of nitrogens with zero attached hydrogens (tertiary/aromatic N) is 5. The van der Waals surface area contributed by atoms with E-state index in [4.69, 9.17) is 27.4 Å². The van der Waals surface area contributed by atoms with E-state index in [2.05, 4.69) is 57.1 Å². The molecule has 0 fully saturated rings. The van der Waals surface area contributed by atoms with Crippen molar-refractivity contribution in [3.63, 3.8) is 0 Å². The number of benzene rings is 6. The number of allylic oxidation sites excluding steroid dienone is 4. The number of hydrogen-bond donors (Lipinski definition) is 2. The van der Waals surface area contributed by atoms with E-state index >= 15 is 21.6 Å². The molecule has 0 bridgehead atoms. The minimum absolute atomic E-state index is 0.0304. The zero-order chi connectivity index (χ0) is 89.0. The lowest BCUT2D eigenvalue weighted by Gasteiger charge is -2.24. The standard InChI is InChI=1S/C96H134N5O18PS3/c1-11-21-23-25-27-29-31-33-35-37-39-41-43-45-47-53-92(102)114-72-78(117-93(103)54-48-46-44-42-40-38-36-34-32-30-28-26-24-22-12-2)73-116-120(105,106)115-66-65-101(122(109,110)96(104)81-52-50-49-51-80(81)94-82-60-55-74(97(13-3)14-4)67-87(82)118-88-68-75(56-61-83(88)94)98(15-5)16-6)121(107,108)79-59-64-86(91(71-79)123(111,112)113)95-84-62-57-76(99(17-7)18-8)69-89(84)119-90-70-77(58-63-85(90)95)100(19-9)20-10/h33-36,49-52,55-64,67-71,78H,11-32,37-48,53-54,65-66,72-73H2,1-10H3/p+2/b35-33-,36-34-/t78-/m1/s1. The molecule has 0 radical (unpaired) electrons. The van der Waals surface area contributed by atoms with Crippen LogP contribution in [-0.2, 0) is 62.8 Å². The Kier molecular flexibility index (Phi) is 41.4. The monoisotopic (exact) mass is 1770 g/mol. The first-order chi connectivity index (χ1) is 59.3. The largest absolute Gasteiger partial charge is 0.472 e. The number of hydrogen-bond acceptors (Lipinski definition) is 18. The second-order valence-corrected chi connectivity index (χ2v) is 38.1. The maximum Gasteiger partial charge on any atom is 0.472 e. The molecule has 0 amide bonds. The molecular weight excluding hydrogens is 1640 g/mol. The summed E-state index contributed by atoms with van der Waals surface area (Å²) in [6.07, 6.45) is 35.0. The van der Waals surface area contributed by atoms with Crippen LogP contribution < -0.4 is 29.7 Å². The van der Waals surface area contributed by atoms with Gasteiger partial charge in [-0.2, -0.15) is 8.42 Å². The van der Waals surface area contributed by atoms with Gasteiger partial charge in [0.25, 0.3) is 35.3 Å². The van der Waals surface area contributed by atoms with Crippen LogP contribution in [0.25, 0.3) is 66.8 Å². The SMILES string of the molecule is CCCCCCCC/C=C\CCCCCCCC(=O)OC[C@H](COP(=O)(O)OCCN(S(=O)(=O)C(=O)c1ccccc1-c1c2ccc(=[N+](CC)CC)cc-2oc2cc(N(CC)CC)ccc12)S(=O)(=O)c1ccc(-c2c3ccc(=[N+](CC)CC)cc-3oc3cc(N(CC)CC)ccc23)c(S(=O)(=O)O)c1)OC(=O)CCCCCCC/C=C\CCCCCCCC. The van der Waals surface area contributed by atoms with Crippen LogP contribution >= 0.6 is 7.82 Å². The van der Waals surface area contributed by atoms with Crippen LogP contribution in [0.3, 0.4) is 0 Å². The van der Waals surface area contributed by atoms with Gasteiger partial charge >= 0.3 is 19.8 Å². The Morgan fingerprint density at radius 2 is 0.902 bits per heavy atom. The number of unbranched alkanes of at least 4 members (excludes halogenated alkanes) is 22. The minimum Gasteiger partial charge on any atom is -0.462 e. The summed E-state index contributed by atoms with van der Waals surface area (Å²) < 4.78 is 157. The lowest BCUT2D eigenvalue weighted by Crippen LogP contribution is -2.43. The van der Waals surface area contributed by atoms with E-state index in [1.165, 1.54) is 95.2 Å². The average molecular weight is 1780 g/mol. The molecule has 1 unspecified atom stereocenters. The number of fused-ring (bicyclic) bond motifs is 4. The molecule has 0 spiro atoms. The number of sulfonamides is 2. The number of carbonyl (C=O) groups is 3. The van der Waals surface area contributed by atoms with Crippen LogP contribution in [0.15, 0.2) is 158 Å². The van der Waals surface area contributed by atoms with Crippen LogP contribution in [0.4, 0.5) is 11.4 Å². The number of ether oxygens (including phenoxy) is 2. The molecule has 2 N–H and O–H groups in total. The summed E-state index contributed by atoms with van der Waals surface area (Å²) in [6.45, 7) is 21.4. The van der Waals surface area contributed by atoms with Crippen LogP contribution in [0.1, 0.15) is 259 Å². The first-order valence-electron chi connectivity index (χ1n) is 45.2. The second-order valence-electron chi connectivity index (χ2n) is 31.4. The van der Waals surface area contributed by atoms with Crippen molar-refractivity contribution in [1.82, 2.24) is 12.9 Å². The van der Waals surface area contributed by atoms with Crippen molar-refractivity contribution in [3.8, 4) is 44.9 Å². The Morgan fingerprint density at radius 1 is 0.472 bits per heavy atom. The van der Waals surface area contributed by atoms with E-state index in [1.807, 2.05) is 91.8 Å². The minimum atomic E-state index is -6.03. The number of carbonyl (C=O) groups excluding carboxylic acids is 3. The summed E-state index contributed by atoms with van der Waals surface area (Å²) in [4.78, 5) is 56.4. The fraction of sp³-hybridized carbons (Fsp3) is 0.531. The first kappa shape index (κ1) is 100. The molecule has 0 aromatic heterocycles. The molecule has 2 aliphatic heterocycles. The fourth-order valence-electron chi connectivity index (χ4n) is 15.9. The van der Waals surface area contributed by atoms with Crippen molar-refractivity contribution in [3.05, 3.63) is 156 Å². The van der Waals surface area contributed by atoms with Crippen LogP contribution in [0.5, 0.6) is 0 Å². The van der Waals surface area contributed by atoms with Crippen LogP contribution in [0.2, 0.25) is 0 Å². The Morgan fingerprint density at radius 3 is 1.36 bits per heavy atom. The maximum absolute atomic E-state index is 15.9. The van der Waals surface area contributed by atoms with E-state index in [0.29, 0.717) is 121 Å². The Hall–Kier alpha value is -8.17. The highest BCUT2D eigenvalue weighted by Crippen LogP contribution is 2.47. The highest BCUT2D eigenvalue weighted by molar-refractivity contribution is 8.13. The number of esters is 2. The molecule has 23 nitrogen and oxygen atoms in total. The molecule has 4 aromatic rings. The maximum atomic E-state index is 15.9. The smallest absolute Gasteiger partial charge is 0.462 e. The highest BCUT2D eigenvalue weighted by Gasteiger charge is 2.44. The molecule has 4 aromatic carbocycles. The van der Waals surface area contributed by atoms with E-state index in [0.717, 1.165) is 111 Å². The Labute approximate surface area is 731 Å². The highest BCUT2D eigenvalue weighted by atomic mass is 32.3. The fourth-order valence-corrected chi connectivity index (χ4v) is 20.9. The summed E-state index contributed by atoms with van der Waals surface area (Å²) in [5.74, 6) is -0.616. The van der Waals surface area contributed by atoms with Crippen LogP contribution in [-0.4, -0.2) is 140 Å². The third kappa shape index (κ3) is 28.9. The summed E-state index contributed by atoms with van der Waals surface area (Å²) in [5, 5.41) is 0.651. The van der Waals surface area contributed by atoms with Crippen molar-refractivity contribution < 1.29 is 81.0 Å². The molecule has 2 heterocycles. The van der Waals surface area contributed by atoms with Gasteiger partial charge in [-0.05, 0) is 180 Å². The number of anilines is 2. The average Bonchev–Trinajstić information content (AvgIpc) is 0.734. The van der Waals surface area contributed by atoms with Gasteiger partial charge < -0.3 is 33.0 Å². The molecule has 2 aliphatic carbocycles. The zero-order valence-corrected chi connectivity index (χ0v) is 77.8. The van der Waals surface area contributed by atoms with Crippen molar-refractivity contribution in [2.45, 2.75) is 265 Å². The molecular formula is C96H136N5O18PS3+2. The molecule has 4 aliphatic rings. The van der Waals surface area contributed by atoms with Crippen molar-refractivity contribution >= 4 is 88.4 Å². The summed E-state index contributed by atoms with van der Waals surface area (Å²) in [5.41, 5.74) is 2.98. The van der Waals surface area contributed by atoms with Crippen molar-refractivity contribution in [2.75, 3.05) is 88.5 Å². The van der Waals surface area contributed by atoms with E-state index < -0.39 is 103 Å². The quantitative estimate of drug-likeness (QED) is 0.00681. The number of phosphoric acid groups is 1. The normalized spacial score (nSPS) is 13.0. The molecule has 2 atom stereocenters. The van der Waals surface area contributed by atoms with Gasteiger partial charge in [-0.15, -0.1) is 0 Å². The summed E-state index contributed by atoms with van der Waals surface area (Å²) >= 11 is 0. The van der Waals surface area contributed by atoms with E-state index in [-0.39, 0.29) is 33.2 Å². The lowest BCUT2D eigenvalue weighted by molar-refractivity contribution is -0.161. The first-order valence-corrected chi connectivity index (χ1v) is 51.1. The van der Waals surface area contributed by atoms with Crippen molar-refractivity contribution in [2.24, 2.45) is 0 Å². The predicted molar refractivity (Wildman–Crippen MR) is 495 cm³/mol. The molecule has 27 heteroatoms. The van der Waals surface area contributed by atoms with Gasteiger partial charge in [0.15, 0.2) is 6.10 Å². The summed E-state index contributed by atoms with van der Waals surface area (Å²) in [6, 6.07) is 30.2. The Balaban J connectivity index is 1.12. The molecule has 0 saturated carbocycles. The van der Waals surface area contributed by atoms with Gasteiger partial charge in [0, 0.05) is 119 Å².